The summed E-state index contributed by atoms with van der Waals surface area (Å²) in [4.78, 5) is 13.6. The maximum atomic E-state index is 11.0. The van der Waals surface area contributed by atoms with Crippen LogP contribution >= 0.6 is 0 Å². The molecule has 0 aromatic heterocycles. The van der Waals surface area contributed by atoms with Gasteiger partial charge in [-0.25, -0.2) is 0 Å². The van der Waals surface area contributed by atoms with Gasteiger partial charge >= 0.3 is 0 Å². The third kappa shape index (κ3) is 2.52. The quantitative estimate of drug-likeness (QED) is 0.552. The summed E-state index contributed by atoms with van der Waals surface area (Å²) in [6.45, 7) is 12.1. The second kappa shape index (κ2) is 4.77. The van der Waals surface area contributed by atoms with Crippen LogP contribution in [0.25, 0.3) is 0 Å². The molecule has 1 saturated heterocycles. The lowest BCUT2D eigenvalue weighted by molar-refractivity contribution is -0.109. The molecule has 2 rings (SSSR count). The highest BCUT2D eigenvalue weighted by Gasteiger charge is 2.36. The number of allylic oxidation sites excluding steroid dienone is 2. The SMILES string of the molecule is C=C1C(C=O)C=CC(C)(C)C1CN1CCCC1. The van der Waals surface area contributed by atoms with Crippen molar-refractivity contribution in [2.45, 2.75) is 26.7 Å². The van der Waals surface area contributed by atoms with Crippen LogP contribution < -0.4 is 0 Å². The minimum absolute atomic E-state index is 0.0735. The van der Waals surface area contributed by atoms with Crippen molar-refractivity contribution < 1.29 is 4.79 Å². The average molecular weight is 233 g/mol. The molecule has 0 spiro atoms. The lowest BCUT2D eigenvalue weighted by Crippen LogP contribution is -2.39. The van der Waals surface area contributed by atoms with Crippen LogP contribution in [-0.2, 0) is 4.79 Å². The number of hydrogen-bond donors (Lipinski definition) is 0. The van der Waals surface area contributed by atoms with Gasteiger partial charge in [-0.15, -0.1) is 0 Å². The van der Waals surface area contributed by atoms with E-state index in [1.807, 2.05) is 6.08 Å². The van der Waals surface area contributed by atoms with E-state index < -0.39 is 0 Å². The molecule has 0 saturated carbocycles. The molecule has 2 atom stereocenters. The Balaban J connectivity index is 2.14. The van der Waals surface area contributed by atoms with Crippen molar-refractivity contribution in [3.8, 4) is 0 Å². The molecule has 0 amide bonds. The standard InChI is InChI=1S/C15H23NO/c1-12-13(11-17)6-7-15(2,3)14(12)10-16-8-4-5-9-16/h6-7,11,13-14H,1,4-5,8-10H2,2-3H3. The van der Waals surface area contributed by atoms with Crippen LogP contribution in [0.1, 0.15) is 26.7 Å². The van der Waals surface area contributed by atoms with Crippen LogP contribution in [0.3, 0.4) is 0 Å². The highest BCUT2D eigenvalue weighted by molar-refractivity contribution is 5.63. The summed E-state index contributed by atoms with van der Waals surface area (Å²) < 4.78 is 0. The number of hydrogen-bond acceptors (Lipinski definition) is 2. The zero-order chi connectivity index (χ0) is 12.5. The zero-order valence-corrected chi connectivity index (χ0v) is 11.0. The molecular formula is C15H23NO. The number of carbonyl (C=O) groups is 1. The van der Waals surface area contributed by atoms with Crippen molar-refractivity contribution in [3.05, 3.63) is 24.3 Å². The zero-order valence-electron chi connectivity index (χ0n) is 11.0. The first kappa shape index (κ1) is 12.6. The molecule has 94 valence electrons. The first-order valence-corrected chi connectivity index (χ1v) is 6.60. The summed E-state index contributed by atoms with van der Waals surface area (Å²) in [5.41, 5.74) is 1.22. The highest BCUT2D eigenvalue weighted by atomic mass is 16.1. The van der Waals surface area contributed by atoms with E-state index in [-0.39, 0.29) is 11.3 Å². The number of likely N-dealkylation sites (tertiary alicyclic amines) is 1. The van der Waals surface area contributed by atoms with Crippen molar-refractivity contribution in [1.29, 1.82) is 0 Å². The van der Waals surface area contributed by atoms with Gasteiger partial charge in [-0.1, -0.05) is 38.2 Å². The van der Waals surface area contributed by atoms with Gasteiger partial charge in [0.05, 0.1) is 5.92 Å². The first-order valence-electron chi connectivity index (χ1n) is 6.60. The van der Waals surface area contributed by atoms with Gasteiger partial charge in [-0.3, -0.25) is 0 Å². The molecule has 0 bridgehead atoms. The number of nitrogens with zero attached hydrogens (tertiary/aromatic N) is 1. The molecule has 2 unspecified atom stereocenters. The van der Waals surface area contributed by atoms with Crippen LogP contribution in [0.2, 0.25) is 0 Å². The van der Waals surface area contributed by atoms with Crippen LogP contribution in [0, 0.1) is 17.3 Å². The van der Waals surface area contributed by atoms with Crippen molar-refractivity contribution in [2.24, 2.45) is 17.3 Å². The second-order valence-corrected chi connectivity index (χ2v) is 5.98. The van der Waals surface area contributed by atoms with E-state index >= 15 is 0 Å². The summed E-state index contributed by atoms with van der Waals surface area (Å²) >= 11 is 0. The smallest absolute Gasteiger partial charge is 0.130 e. The van der Waals surface area contributed by atoms with Crippen LogP contribution in [0.15, 0.2) is 24.3 Å². The third-order valence-electron chi connectivity index (χ3n) is 4.29. The van der Waals surface area contributed by atoms with E-state index in [0.29, 0.717) is 5.92 Å². The van der Waals surface area contributed by atoms with Gasteiger partial charge in [0.25, 0.3) is 0 Å². The summed E-state index contributed by atoms with van der Waals surface area (Å²) in [7, 11) is 0. The molecule has 2 nitrogen and oxygen atoms in total. The molecule has 1 fully saturated rings. The predicted octanol–water partition coefficient (Wildman–Crippen LogP) is 2.67. The molecule has 1 aliphatic heterocycles. The van der Waals surface area contributed by atoms with E-state index in [1.54, 1.807) is 0 Å². The Kier molecular flexibility index (Phi) is 3.53. The summed E-state index contributed by atoms with van der Waals surface area (Å²) in [6.07, 6.45) is 7.85. The fourth-order valence-corrected chi connectivity index (χ4v) is 3.01. The van der Waals surface area contributed by atoms with Gasteiger partial charge < -0.3 is 9.69 Å². The molecule has 0 N–H and O–H groups in total. The molecule has 2 heteroatoms. The first-order chi connectivity index (χ1) is 8.04. The van der Waals surface area contributed by atoms with Crippen molar-refractivity contribution in [1.82, 2.24) is 4.90 Å². The van der Waals surface area contributed by atoms with Crippen LogP contribution in [-0.4, -0.2) is 30.8 Å². The minimum Gasteiger partial charge on any atom is -0.303 e. The van der Waals surface area contributed by atoms with Gasteiger partial charge in [0.15, 0.2) is 0 Å². The fourth-order valence-electron chi connectivity index (χ4n) is 3.01. The maximum Gasteiger partial charge on any atom is 0.130 e. The minimum atomic E-state index is -0.0735. The van der Waals surface area contributed by atoms with Gasteiger partial charge in [-0.2, -0.15) is 0 Å². The largest absolute Gasteiger partial charge is 0.303 e. The van der Waals surface area contributed by atoms with Crippen LogP contribution in [0.4, 0.5) is 0 Å². The Morgan fingerprint density at radius 3 is 2.71 bits per heavy atom. The van der Waals surface area contributed by atoms with Crippen molar-refractivity contribution in [3.63, 3.8) is 0 Å². The van der Waals surface area contributed by atoms with Crippen LogP contribution in [0.5, 0.6) is 0 Å². The molecule has 17 heavy (non-hydrogen) atoms. The molecular weight excluding hydrogens is 210 g/mol. The Morgan fingerprint density at radius 2 is 2.12 bits per heavy atom. The topological polar surface area (TPSA) is 20.3 Å². The van der Waals surface area contributed by atoms with E-state index in [1.165, 1.54) is 25.9 Å². The normalized spacial score (nSPS) is 32.9. The molecule has 2 aliphatic rings. The van der Waals surface area contributed by atoms with Crippen molar-refractivity contribution >= 4 is 6.29 Å². The Bertz CT molecular complexity index is 337. The van der Waals surface area contributed by atoms with E-state index in [4.69, 9.17) is 0 Å². The van der Waals surface area contributed by atoms with Gasteiger partial charge in [0, 0.05) is 12.5 Å². The van der Waals surface area contributed by atoms with Gasteiger partial charge in [-0.05, 0) is 31.3 Å². The highest BCUT2D eigenvalue weighted by Crippen LogP contribution is 2.41. The summed E-state index contributed by atoms with van der Waals surface area (Å²) in [5.74, 6) is 0.330. The summed E-state index contributed by atoms with van der Waals surface area (Å²) in [5, 5.41) is 0. The molecule has 0 aromatic rings. The Hall–Kier alpha value is -0.890. The maximum absolute atomic E-state index is 11.0. The predicted molar refractivity (Wildman–Crippen MR) is 70.8 cm³/mol. The summed E-state index contributed by atoms with van der Waals surface area (Å²) in [6, 6.07) is 0. The molecule has 1 aliphatic carbocycles. The average Bonchev–Trinajstić information content (AvgIpc) is 2.77. The second-order valence-electron chi connectivity index (χ2n) is 5.98. The molecule has 0 aromatic carbocycles. The van der Waals surface area contributed by atoms with Gasteiger partial charge in [0.2, 0.25) is 0 Å². The van der Waals surface area contributed by atoms with Crippen molar-refractivity contribution in [2.75, 3.05) is 19.6 Å². The molecule has 0 radical (unpaired) electrons. The number of carbonyl (C=O) groups excluding carboxylic acids is 1. The van der Waals surface area contributed by atoms with E-state index in [2.05, 4.69) is 31.4 Å². The lowest BCUT2D eigenvalue weighted by Gasteiger charge is -2.40. The monoisotopic (exact) mass is 233 g/mol. The fraction of sp³-hybridized carbons (Fsp3) is 0.667. The molecule has 1 heterocycles. The van der Waals surface area contributed by atoms with E-state index in [0.717, 1.165) is 18.4 Å². The number of aldehydes is 1. The van der Waals surface area contributed by atoms with Gasteiger partial charge in [0.1, 0.15) is 6.29 Å². The Morgan fingerprint density at radius 1 is 1.47 bits per heavy atom. The lowest BCUT2D eigenvalue weighted by atomic mass is 9.67. The van der Waals surface area contributed by atoms with E-state index in [9.17, 15) is 4.79 Å². The third-order valence-corrected chi connectivity index (χ3v) is 4.29. The Labute approximate surface area is 104 Å². The number of rotatable bonds is 3.